The Morgan fingerprint density at radius 1 is 1.47 bits per heavy atom. The van der Waals surface area contributed by atoms with Gasteiger partial charge in [-0.25, -0.2) is 8.78 Å². The number of aliphatic carboxylic acids is 1. The van der Waals surface area contributed by atoms with Crippen molar-refractivity contribution in [3.05, 3.63) is 34.9 Å². The third kappa shape index (κ3) is 3.31. The highest BCUT2D eigenvalue weighted by Gasteiger charge is 2.38. The van der Waals surface area contributed by atoms with Gasteiger partial charge in [0.25, 0.3) is 5.92 Å². The van der Waals surface area contributed by atoms with E-state index in [1.54, 1.807) is 12.1 Å². The van der Waals surface area contributed by atoms with Crippen molar-refractivity contribution in [2.75, 3.05) is 0 Å². The lowest BCUT2D eigenvalue weighted by molar-refractivity contribution is -0.137. The molecule has 104 valence electrons. The molecule has 0 aliphatic heterocycles. The van der Waals surface area contributed by atoms with Crippen LogP contribution in [0.2, 0.25) is 0 Å². The fourth-order valence-electron chi connectivity index (χ4n) is 2.61. The van der Waals surface area contributed by atoms with Crippen molar-refractivity contribution in [3.8, 4) is 0 Å². The largest absolute Gasteiger partial charge is 0.481 e. The first kappa shape index (κ1) is 14.0. The van der Waals surface area contributed by atoms with Crippen LogP contribution in [0.1, 0.15) is 48.8 Å². The highest BCUT2D eigenvalue weighted by Crippen LogP contribution is 2.47. The summed E-state index contributed by atoms with van der Waals surface area (Å²) >= 11 is 0. The van der Waals surface area contributed by atoms with E-state index in [2.05, 4.69) is 0 Å². The minimum absolute atomic E-state index is 0.0313. The molecule has 0 saturated heterocycles. The van der Waals surface area contributed by atoms with Gasteiger partial charge in [0, 0.05) is 12.5 Å². The lowest BCUT2D eigenvalue weighted by atomic mass is 9.85. The summed E-state index contributed by atoms with van der Waals surface area (Å²) < 4.78 is 27.4. The van der Waals surface area contributed by atoms with Gasteiger partial charge >= 0.3 is 5.97 Å². The summed E-state index contributed by atoms with van der Waals surface area (Å²) in [5.41, 5.74) is 1.37. The van der Waals surface area contributed by atoms with Gasteiger partial charge in [0.15, 0.2) is 0 Å². The molecule has 1 atom stereocenters. The molecule has 2 nitrogen and oxygen atoms in total. The normalized spacial score (nSPS) is 17.3. The Balaban J connectivity index is 2.45. The quantitative estimate of drug-likeness (QED) is 0.873. The van der Waals surface area contributed by atoms with Crippen LogP contribution in [0.4, 0.5) is 8.78 Å². The summed E-state index contributed by atoms with van der Waals surface area (Å²) in [7, 11) is 0. The highest BCUT2D eigenvalue weighted by atomic mass is 19.3. The molecule has 1 saturated carbocycles. The van der Waals surface area contributed by atoms with Gasteiger partial charge in [-0.2, -0.15) is 0 Å². The van der Waals surface area contributed by atoms with Crippen molar-refractivity contribution in [1.82, 2.24) is 0 Å². The maximum Gasteiger partial charge on any atom is 0.303 e. The van der Waals surface area contributed by atoms with E-state index in [1.165, 1.54) is 6.07 Å². The Morgan fingerprint density at radius 2 is 2.11 bits per heavy atom. The third-order valence-electron chi connectivity index (χ3n) is 3.67. The van der Waals surface area contributed by atoms with E-state index in [0.717, 1.165) is 25.3 Å². The Kier molecular flexibility index (Phi) is 3.61. The molecule has 0 radical (unpaired) electrons. The van der Waals surface area contributed by atoms with Crippen LogP contribution >= 0.6 is 0 Å². The fraction of sp³-hybridized carbons (Fsp3) is 0.533. The lowest BCUT2D eigenvalue weighted by Crippen LogP contribution is -2.17. The van der Waals surface area contributed by atoms with E-state index < -0.39 is 11.9 Å². The molecule has 1 aliphatic rings. The van der Waals surface area contributed by atoms with Gasteiger partial charge < -0.3 is 5.11 Å². The second kappa shape index (κ2) is 4.91. The summed E-state index contributed by atoms with van der Waals surface area (Å²) in [6.45, 7) is 2.71. The molecule has 2 rings (SSSR count). The smallest absolute Gasteiger partial charge is 0.303 e. The number of carboxylic acid groups (broad SMARTS) is 1. The second-order valence-electron chi connectivity index (χ2n) is 5.52. The van der Waals surface area contributed by atoms with E-state index in [1.807, 2.05) is 6.92 Å². The van der Waals surface area contributed by atoms with Gasteiger partial charge in [-0.1, -0.05) is 23.8 Å². The average Bonchev–Trinajstić information content (AvgIpc) is 3.07. The number of carboxylic acids is 1. The van der Waals surface area contributed by atoms with Gasteiger partial charge in [-0.15, -0.1) is 0 Å². The number of benzene rings is 1. The van der Waals surface area contributed by atoms with Crippen LogP contribution in [0.15, 0.2) is 18.2 Å². The molecule has 0 spiro atoms. The first-order chi connectivity index (χ1) is 8.79. The Labute approximate surface area is 111 Å². The lowest BCUT2D eigenvalue weighted by Gasteiger charge is -2.22. The van der Waals surface area contributed by atoms with Gasteiger partial charge in [0.05, 0.1) is 6.42 Å². The third-order valence-corrected chi connectivity index (χ3v) is 3.67. The summed E-state index contributed by atoms with van der Waals surface area (Å²) in [6, 6.07) is 4.81. The minimum atomic E-state index is -2.94. The van der Waals surface area contributed by atoms with Crippen LogP contribution < -0.4 is 0 Å². The van der Waals surface area contributed by atoms with Crippen molar-refractivity contribution < 1.29 is 18.7 Å². The second-order valence-corrected chi connectivity index (χ2v) is 5.52. The number of hydrogen-bond donors (Lipinski definition) is 1. The summed E-state index contributed by atoms with van der Waals surface area (Å²) in [5, 5.41) is 9.00. The number of alkyl halides is 2. The molecule has 0 aromatic heterocycles. The SMILES string of the molecule is Cc1ccc(C(C)(F)F)c(C(CC(=O)O)C2CC2)c1. The standard InChI is InChI=1S/C15H18F2O2/c1-9-3-6-13(15(2,16)17)12(7-9)11(8-14(18)19)10-4-5-10/h3,6-7,10-11H,4-5,8H2,1-2H3,(H,18,19). The molecule has 0 amide bonds. The molecule has 1 aromatic carbocycles. The Hall–Kier alpha value is -1.45. The van der Waals surface area contributed by atoms with Crippen molar-refractivity contribution in [1.29, 1.82) is 0 Å². The summed E-state index contributed by atoms with van der Waals surface area (Å²) in [4.78, 5) is 11.0. The predicted octanol–water partition coefficient (Wildman–Crippen LogP) is 4.08. The van der Waals surface area contributed by atoms with Gasteiger partial charge in [-0.3, -0.25) is 4.79 Å². The van der Waals surface area contributed by atoms with Crippen LogP contribution in [-0.4, -0.2) is 11.1 Å². The van der Waals surface area contributed by atoms with Gasteiger partial charge in [0.1, 0.15) is 0 Å². The number of halogens is 2. The molecule has 0 bridgehead atoms. The highest BCUT2D eigenvalue weighted by molar-refractivity contribution is 5.68. The first-order valence-corrected chi connectivity index (χ1v) is 6.49. The zero-order valence-electron chi connectivity index (χ0n) is 11.1. The Morgan fingerprint density at radius 3 is 2.58 bits per heavy atom. The van der Waals surface area contributed by atoms with E-state index >= 15 is 0 Å². The molecular formula is C15H18F2O2. The van der Waals surface area contributed by atoms with Crippen molar-refractivity contribution >= 4 is 5.97 Å². The predicted molar refractivity (Wildman–Crippen MR) is 68.5 cm³/mol. The van der Waals surface area contributed by atoms with Crippen molar-refractivity contribution in [2.45, 2.75) is 45.0 Å². The number of carbonyl (C=O) groups is 1. The maximum atomic E-state index is 13.7. The van der Waals surface area contributed by atoms with Crippen molar-refractivity contribution in [2.24, 2.45) is 5.92 Å². The van der Waals surface area contributed by atoms with E-state index in [0.29, 0.717) is 5.56 Å². The van der Waals surface area contributed by atoms with Crippen LogP contribution in [-0.2, 0) is 10.7 Å². The van der Waals surface area contributed by atoms with Crippen molar-refractivity contribution in [3.63, 3.8) is 0 Å². The minimum Gasteiger partial charge on any atom is -0.481 e. The molecule has 1 aliphatic carbocycles. The zero-order valence-corrected chi connectivity index (χ0v) is 11.1. The monoisotopic (exact) mass is 268 g/mol. The fourth-order valence-corrected chi connectivity index (χ4v) is 2.61. The average molecular weight is 268 g/mol. The molecule has 0 heterocycles. The van der Waals surface area contributed by atoms with E-state index in [4.69, 9.17) is 5.11 Å². The van der Waals surface area contributed by atoms with Gasteiger partial charge in [-0.05, 0) is 37.2 Å². The molecule has 1 aromatic rings. The molecule has 19 heavy (non-hydrogen) atoms. The topological polar surface area (TPSA) is 37.3 Å². The van der Waals surface area contributed by atoms with Crippen LogP contribution in [0.25, 0.3) is 0 Å². The van der Waals surface area contributed by atoms with Crippen LogP contribution in [0, 0.1) is 12.8 Å². The first-order valence-electron chi connectivity index (χ1n) is 6.49. The molecular weight excluding hydrogens is 250 g/mol. The van der Waals surface area contributed by atoms with Gasteiger partial charge in [0.2, 0.25) is 0 Å². The summed E-state index contributed by atoms with van der Waals surface area (Å²) in [5.74, 6) is -3.92. The van der Waals surface area contributed by atoms with E-state index in [9.17, 15) is 13.6 Å². The molecule has 1 unspecified atom stereocenters. The van der Waals surface area contributed by atoms with E-state index in [-0.39, 0.29) is 23.8 Å². The number of aryl methyl sites for hydroxylation is 1. The molecule has 1 fully saturated rings. The Bertz CT molecular complexity index is 487. The summed E-state index contributed by atoms with van der Waals surface area (Å²) in [6.07, 6.45) is 1.79. The molecule has 1 N–H and O–H groups in total. The maximum absolute atomic E-state index is 13.7. The number of rotatable bonds is 5. The number of hydrogen-bond acceptors (Lipinski definition) is 1. The zero-order chi connectivity index (χ0) is 14.2. The van der Waals surface area contributed by atoms with Crippen LogP contribution in [0.5, 0.6) is 0 Å². The molecule has 4 heteroatoms. The van der Waals surface area contributed by atoms with Crippen LogP contribution in [0.3, 0.4) is 0 Å².